The van der Waals surface area contributed by atoms with Crippen molar-refractivity contribution in [2.45, 2.75) is 18.9 Å². The Morgan fingerprint density at radius 3 is 2.71 bits per heavy atom. The molecular weight excluding hydrogens is 306 g/mol. The highest BCUT2D eigenvalue weighted by Gasteiger charge is 2.21. The molecule has 2 N–H and O–H groups in total. The Labute approximate surface area is 133 Å². The summed E-state index contributed by atoms with van der Waals surface area (Å²) in [6, 6.07) is 11.7. The van der Waals surface area contributed by atoms with Gasteiger partial charge in [-0.15, -0.1) is 0 Å². The van der Waals surface area contributed by atoms with Crippen molar-refractivity contribution in [1.29, 1.82) is 0 Å². The molecule has 1 saturated carbocycles. The van der Waals surface area contributed by atoms with Crippen LogP contribution in [0.2, 0.25) is 5.02 Å². The first-order valence-electron chi connectivity index (χ1n) is 6.66. The van der Waals surface area contributed by atoms with Gasteiger partial charge in [-0.25, -0.2) is 0 Å². The molecule has 1 fully saturated rings. The van der Waals surface area contributed by atoms with Crippen LogP contribution in [0.1, 0.15) is 18.6 Å². The molecule has 0 saturated heterocycles. The Kier molecular flexibility index (Phi) is 4.22. The molecule has 21 heavy (non-hydrogen) atoms. The fraction of sp³-hybridized carbons (Fsp3) is 0.200. The Bertz CT molecular complexity index is 662. The highest BCUT2D eigenvalue weighted by Crippen LogP contribution is 2.23. The van der Waals surface area contributed by atoms with E-state index in [1.54, 1.807) is 6.21 Å². The zero-order chi connectivity index (χ0) is 14.7. The normalized spacial score (nSPS) is 14.3. The third-order valence-corrected chi connectivity index (χ3v) is 3.49. The third kappa shape index (κ3) is 4.06. The van der Waals surface area contributed by atoms with E-state index in [4.69, 9.17) is 28.2 Å². The summed E-state index contributed by atoms with van der Waals surface area (Å²) in [6.45, 7) is 0. The number of nitrogens with zero attached hydrogens (tertiary/aromatic N) is 1. The largest absolute Gasteiger partial charge is 0.455 e. The van der Waals surface area contributed by atoms with Crippen molar-refractivity contribution < 1.29 is 4.42 Å². The van der Waals surface area contributed by atoms with Crippen LogP contribution in [0, 0.1) is 0 Å². The minimum absolute atomic E-state index is 0.514. The number of hydrazone groups is 1. The van der Waals surface area contributed by atoms with E-state index < -0.39 is 0 Å². The molecule has 3 rings (SSSR count). The molecule has 2 aromatic rings. The van der Waals surface area contributed by atoms with E-state index in [2.05, 4.69) is 15.8 Å². The van der Waals surface area contributed by atoms with Gasteiger partial charge in [-0.05, 0) is 61.5 Å². The molecule has 4 nitrogen and oxygen atoms in total. The SMILES string of the molecule is S=C(NN=Cc1ccc(-c2ccc(Cl)cc2)o1)NC1CC1. The average molecular weight is 320 g/mol. The molecule has 1 aliphatic carbocycles. The van der Waals surface area contributed by atoms with Gasteiger partial charge in [0.1, 0.15) is 11.5 Å². The van der Waals surface area contributed by atoms with Gasteiger partial charge in [-0.3, -0.25) is 5.43 Å². The van der Waals surface area contributed by atoms with Crippen LogP contribution in [0.4, 0.5) is 0 Å². The van der Waals surface area contributed by atoms with Gasteiger partial charge in [0.25, 0.3) is 0 Å². The molecule has 0 atom stereocenters. The number of benzene rings is 1. The van der Waals surface area contributed by atoms with Crippen molar-refractivity contribution in [2.75, 3.05) is 0 Å². The lowest BCUT2D eigenvalue weighted by atomic mass is 10.2. The Morgan fingerprint density at radius 2 is 2.00 bits per heavy atom. The smallest absolute Gasteiger partial charge is 0.187 e. The van der Waals surface area contributed by atoms with Gasteiger partial charge in [-0.1, -0.05) is 11.6 Å². The molecule has 0 unspecified atom stereocenters. The maximum absolute atomic E-state index is 5.86. The van der Waals surface area contributed by atoms with Crippen LogP contribution >= 0.6 is 23.8 Å². The summed E-state index contributed by atoms with van der Waals surface area (Å²) < 4.78 is 5.69. The molecule has 108 valence electrons. The second-order valence-corrected chi connectivity index (χ2v) is 5.67. The summed E-state index contributed by atoms with van der Waals surface area (Å²) in [4.78, 5) is 0. The molecule has 6 heteroatoms. The minimum Gasteiger partial charge on any atom is -0.455 e. The summed E-state index contributed by atoms with van der Waals surface area (Å²) in [5.74, 6) is 1.42. The number of halogens is 1. The highest BCUT2D eigenvalue weighted by molar-refractivity contribution is 7.80. The van der Waals surface area contributed by atoms with Gasteiger partial charge >= 0.3 is 0 Å². The molecule has 0 radical (unpaired) electrons. The zero-order valence-corrected chi connectivity index (χ0v) is 12.7. The number of rotatable bonds is 4. The van der Waals surface area contributed by atoms with E-state index in [-0.39, 0.29) is 0 Å². The highest BCUT2D eigenvalue weighted by atomic mass is 35.5. The summed E-state index contributed by atoms with van der Waals surface area (Å²) in [5, 5.41) is 8.43. The van der Waals surface area contributed by atoms with Gasteiger partial charge in [0.05, 0.1) is 6.21 Å². The molecule has 1 aromatic carbocycles. The first-order valence-corrected chi connectivity index (χ1v) is 7.45. The van der Waals surface area contributed by atoms with Crippen molar-refractivity contribution in [3.05, 3.63) is 47.2 Å². The van der Waals surface area contributed by atoms with Crippen molar-refractivity contribution in [3.8, 4) is 11.3 Å². The van der Waals surface area contributed by atoms with Gasteiger partial charge < -0.3 is 9.73 Å². The second-order valence-electron chi connectivity index (χ2n) is 4.83. The summed E-state index contributed by atoms with van der Waals surface area (Å²) in [6.07, 6.45) is 3.95. The van der Waals surface area contributed by atoms with Crippen LogP contribution in [0.5, 0.6) is 0 Å². The predicted molar refractivity (Wildman–Crippen MR) is 88.6 cm³/mol. The van der Waals surface area contributed by atoms with Crippen molar-refractivity contribution in [3.63, 3.8) is 0 Å². The van der Waals surface area contributed by atoms with Crippen molar-refractivity contribution >= 4 is 35.1 Å². The number of nitrogens with one attached hydrogen (secondary N) is 2. The lowest BCUT2D eigenvalue weighted by Crippen LogP contribution is -2.33. The number of thiocarbonyl (C=S) groups is 1. The maximum atomic E-state index is 5.86. The Hall–Kier alpha value is -1.85. The van der Waals surface area contributed by atoms with Crippen LogP contribution in [-0.4, -0.2) is 17.4 Å². The van der Waals surface area contributed by atoms with Gasteiger partial charge in [0, 0.05) is 16.6 Å². The number of hydrogen-bond acceptors (Lipinski definition) is 3. The van der Waals surface area contributed by atoms with E-state index in [1.165, 1.54) is 12.8 Å². The van der Waals surface area contributed by atoms with E-state index in [9.17, 15) is 0 Å². The quantitative estimate of drug-likeness (QED) is 0.514. The third-order valence-electron chi connectivity index (χ3n) is 3.03. The minimum atomic E-state index is 0.514. The number of hydrogen-bond donors (Lipinski definition) is 2. The monoisotopic (exact) mass is 319 g/mol. The number of furan rings is 1. The van der Waals surface area contributed by atoms with Gasteiger partial charge in [0.15, 0.2) is 5.11 Å². The predicted octanol–water partition coefficient (Wildman–Crippen LogP) is 3.56. The first-order chi connectivity index (χ1) is 10.2. The first kappa shape index (κ1) is 14.1. The zero-order valence-electron chi connectivity index (χ0n) is 11.2. The second kappa shape index (κ2) is 6.28. The van der Waals surface area contributed by atoms with Crippen LogP contribution < -0.4 is 10.7 Å². The topological polar surface area (TPSA) is 49.6 Å². The Morgan fingerprint density at radius 1 is 1.24 bits per heavy atom. The lowest BCUT2D eigenvalue weighted by molar-refractivity contribution is 0.574. The molecular formula is C15H14ClN3OS. The van der Waals surface area contributed by atoms with Crippen molar-refractivity contribution in [1.82, 2.24) is 10.7 Å². The molecule has 0 amide bonds. The molecule has 1 aromatic heterocycles. The molecule has 1 aliphatic rings. The van der Waals surface area contributed by atoms with E-state index >= 15 is 0 Å². The van der Waals surface area contributed by atoms with Gasteiger partial charge in [-0.2, -0.15) is 5.10 Å². The summed E-state index contributed by atoms with van der Waals surface area (Å²) >= 11 is 11.0. The van der Waals surface area contributed by atoms with Crippen LogP contribution in [-0.2, 0) is 0 Å². The molecule has 0 spiro atoms. The van der Waals surface area contributed by atoms with Crippen LogP contribution in [0.3, 0.4) is 0 Å². The van der Waals surface area contributed by atoms with Crippen LogP contribution in [0.25, 0.3) is 11.3 Å². The van der Waals surface area contributed by atoms with Crippen molar-refractivity contribution in [2.24, 2.45) is 5.10 Å². The van der Waals surface area contributed by atoms with E-state index in [0.717, 1.165) is 11.3 Å². The summed E-state index contributed by atoms with van der Waals surface area (Å²) in [5.41, 5.74) is 3.74. The van der Waals surface area contributed by atoms with E-state index in [1.807, 2.05) is 36.4 Å². The van der Waals surface area contributed by atoms with E-state index in [0.29, 0.717) is 21.9 Å². The maximum Gasteiger partial charge on any atom is 0.187 e. The lowest BCUT2D eigenvalue weighted by Gasteiger charge is -2.03. The van der Waals surface area contributed by atoms with Crippen LogP contribution in [0.15, 0.2) is 45.9 Å². The Balaban J connectivity index is 1.59. The summed E-state index contributed by atoms with van der Waals surface area (Å²) in [7, 11) is 0. The fourth-order valence-electron chi connectivity index (χ4n) is 1.79. The molecule has 0 aliphatic heterocycles. The molecule has 1 heterocycles. The average Bonchev–Trinajstić information content (AvgIpc) is 3.15. The molecule has 0 bridgehead atoms. The van der Waals surface area contributed by atoms with Gasteiger partial charge in [0.2, 0.25) is 0 Å². The fourth-order valence-corrected chi connectivity index (χ4v) is 2.14. The standard InChI is InChI=1S/C15H14ClN3OS/c16-11-3-1-10(2-4-11)14-8-7-13(20-14)9-17-19-15(21)18-12-5-6-12/h1-4,7-9,12H,5-6H2,(H2,18,19,21).